The van der Waals surface area contributed by atoms with Gasteiger partial charge in [0.05, 0.1) is 30.3 Å². The number of ether oxygens (including phenoxy) is 1. The van der Waals surface area contributed by atoms with E-state index in [4.69, 9.17) is 10.5 Å². The minimum absolute atomic E-state index is 0.631. The van der Waals surface area contributed by atoms with Crippen LogP contribution in [0.25, 0.3) is 11.4 Å². The predicted molar refractivity (Wildman–Crippen MR) is 67.8 cm³/mol. The molecule has 1 aromatic carbocycles. The molecule has 17 heavy (non-hydrogen) atoms. The Labute approximate surface area is 100 Å². The van der Waals surface area contributed by atoms with Crippen LogP contribution >= 0.6 is 0 Å². The molecular weight excluding hydrogens is 214 g/mol. The van der Waals surface area contributed by atoms with Gasteiger partial charge in [-0.3, -0.25) is 0 Å². The number of hydrogen-bond acceptors (Lipinski definition) is 4. The van der Waals surface area contributed by atoms with E-state index in [0.717, 1.165) is 23.4 Å². The van der Waals surface area contributed by atoms with Gasteiger partial charge in [-0.25, -0.2) is 9.97 Å². The van der Waals surface area contributed by atoms with Crippen molar-refractivity contribution in [2.45, 2.75) is 13.3 Å². The summed E-state index contributed by atoms with van der Waals surface area (Å²) in [5, 5.41) is 0. The van der Waals surface area contributed by atoms with Gasteiger partial charge in [0.2, 0.25) is 0 Å². The van der Waals surface area contributed by atoms with Crippen molar-refractivity contribution in [2.24, 2.45) is 0 Å². The van der Waals surface area contributed by atoms with E-state index in [9.17, 15) is 0 Å². The molecule has 0 fully saturated rings. The first-order chi connectivity index (χ1) is 8.26. The molecule has 0 bridgehead atoms. The third-order valence-corrected chi connectivity index (χ3v) is 2.58. The van der Waals surface area contributed by atoms with Gasteiger partial charge in [-0.2, -0.15) is 0 Å². The predicted octanol–water partition coefficient (Wildman–Crippen LogP) is 2.30. The van der Waals surface area contributed by atoms with Crippen molar-refractivity contribution in [3.05, 3.63) is 36.2 Å². The molecule has 2 rings (SSSR count). The molecule has 0 atom stereocenters. The van der Waals surface area contributed by atoms with Crippen molar-refractivity contribution in [1.82, 2.24) is 9.97 Å². The molecule has 0 saturated carbocycles. The Morgan fingerprint density at radius 1 is 1.29 bits per heavy atom. The summed E-state index contributed by atoms with van der Waals surface area (Å²) in [5.74, 6) is 1.41. The number of nitrogens with zero attached hydrogens (tertiary/aromatic N) is 2. The molecule has 1 aromatic heterocycles. The van der Waals surface area contributed by atoms with Crippen LogP contribution in [0.15, 0.2) is 30.5 Å². The van der Waals surface area contributed by atoms with Crippen molar-refractivity contribution >= 4 is 5.69 Å². The molecular formula is C13H15N3O. The number of aromatic nitrogens is 2. The Balaban J connectivity index is 2.53. The molecule has 1 heterocycles. The molecule has 0 unspecified atom stereocenters. The van der Waals surface area contributed by atoms with E-state index >= 15 is 0 Å². The van der Waals surface area contributed by atoms with Crippen molar-refractivity contribution in [3.8, 4) is 17.1 Å². The van der Waals surface area contributed by atoms with Gasteiger partial charge in [-0.15, -0.1) is 0 Å². The maximum absolute atomic E-state index is 5.79. The van der Waals surface area contributed by atoms with Gasteiger partial charge in [0.15, 0.2) is 5.82 Å². The van der Waals surface area contributed by atoms with Crippen LogP contribution in [-0.4, -0.2) is 17.1 Å². The zero-order chi connectivity index (χ0) is 12.3. The normalized spacial score (nSPS) is 10.2. The van der Waals surface area contributed by atoms with Crippen LogP contribution in [0.2, 0.25) is 0 Å². The Bertz CT molecular complexity index is 526. The highest BCUT2D eigenvalue weighted by molar-refractivity contribution is 5.64. The van der Waals surface area contributed by atoms with E-state index in [2.05, 4.69) is 9.97 Å². The SMILES string of the molecule is CCc1nc(-c2ccccc2OC)ncc1N. The Kier molecular flexibility index (Phi) is 3.23. The molecule has 0 spiro atoms. The first kappa shape index (κ1) is 11.4. The van der Waals surface area contributed by atoms with Crippen molar-refractivity contribution in [1.29, 1.82) is 0 Å². The average Bonchev–Trinajstić information content (AvgIpc) is 2.39. The summed E-state index contributed by atoms with van der Waals surface area (Å²) in [5.41, 5.74) is 8.16. The first-order valence-electron chi connectivity index (χ1n) is 5.51. The van der Waals surface area contributed by atoms with Gasteiger partial charge < -0.3 is 10.5 Å². The van der Waals surface area contributed by atoms with Crippen molar-refractivity contribution in [2.75, 3.05) is 12.8 Å². The second-order valence-electron chi connectivity index (χ2n) is 3.65. The Hall–Kier alpha value is -2.10. The number of rotatable bonds is 3. The molecule has 88 valence electrons. The first-order valence-corrected chi connectivity index (χ1v) is 5.51. The molecule has 0 aliphatic carbocycles. The van der Waals surface area contributed by atoms with E-state index in [1.54, 1.807) is 13.3 Å². The van der Waals surface area contributed by atoms with Crippen LogP contribution in [0, 0.1) is 0 Å². The third-order valence-electron chi connectivity index (χ3n) is 2.58. The zero-order valence-corrected chi connectivity index (χ0v) is 9.97. The van der Waals surface area contributed by atoms with Gasteiger partial charge in [-0.05, 0) is 18.6 Å². The number of nitrogen functional groups attached to an aromatic ring is 1. The number of aryl methyl sites for hydroxylation is 1. The number of anilines is 1. The molecule has 4 nitrogen and oxygen atoms in total. The summed E-state index contributed by atoms with van der Waals surface area (Å²) in [4.78, 5) is 8.70. The molecule has 0 aliphatic heterocycles. The highest BCUT2D eigenvalue weighted by Gasteiger charge is 2.09. The van der Waals surface area contributed by atoms with Gasteiger partial charge in [0.25, 0.3) is 0 Å². The van der Waals surface area contributed by atoms with E-state index in [-0.39, 0.29) is 0 Å². The summed E-state index contributed by atoms with van der Waals surface area (Å²) >= 11 is 0. The number of para-hydroxylation sites is 1. The van der Waals surface area contributed by atoms with E-state index < -0.39 is 0 Å². The van der Waals surface area contributed by atoms with Crippen molar-refractivity contribution < 1.29 is 4.74 Å². The fourth-order valence-corrected chi connectivity index (χ4v) is 1.67. The number of hydrogen-bond donors (Lipinski definition) is 1. The van der Waals surface area contributed by atoms with Crippen LogP contribution in [0.4, 0.5) is 5.69 Å². The molecule has 0 saturated heterocycles. The number of methoxy groups -OCH3 is 1. The lowest BCUT2D eigenvalue weighted by molar-refractivity contribution is 0.416. The van der Waals surface area contributed by atoms with E-state index in [1.165, 1.54) is 0 Å². The van der Waals surface area contributed by atoms with Crippen LogP contribution in [0.1, 0.15) is 12.6 Å². The average molecular weight is 229 g/mol. The largest absolute Gasteiger partial charge is 0.496 e. The molecule has 2 N–H and O–H groups in total. The topological polar surface area (TPSA) is 61.0 Å². The Morgan fingerprint density at radius 2 is 2.06 bits per heavy atom. The lowest BCUT2D eigenvalue weighted by atomic mass is 10.1. The standard InChI is InChI=1S/C13H15N3O/c1-3-11-10(14)8-15-13(16-11)9-6-4-5-7-12(9)17-2/h4-8H,3,14H2,1-2H3. The van der Waals surface area contributed by atoms with E-state index in [0.29, 0.717) is 11.5 Å². The van der Waals surface area contributed by atoms with Gasteiger partial charge in [0, 0.05) is 0 Å². The maximum Gasteiger partial charge on any atom is 0.163 e. The quantitative estimate of drug-likeness (QED) is 0.877. The van der Waals surface area contributed by atoms with Crippen LogP contribution < -0.4 is 10.5 Å². The monoisotopic (exact) mass is 229 g/mol. The summed E-state index contributed by atoms with van der Waals surface area (Å²) in [6, 6.07) is 7.67. The van der Waals surface area contributed by atoms with E-state index in [1.807, 2.05) is 31.2 Å². The van der Waals surface area contributed by atoms with Gasteiger partial charge in [0.1, 0.15) is 5.75 Å². The summed E-state index contributed by atoms with van der Waals surface area (Å²) in [7, 11) is 1.64. The lowest BCUT2D eigenvalue weighted by Crippen LogP contribution is -2.01. The maximum atomic E-state index is 5.79. The van der Waals surface area contributed by atoms with Gasteiger partial charge in [-0.1, -0.05) is 19.1 Å². The summed E-state index contributed by atoms with van der Waals surface area (Å²) in [6.45, 7) is 2.02. The highest BCUT2D eigenvalue weighted by Crippen LogP contribution is 2.27. The van der Waals surface area contributed by atoms with Gasteiger partial charge >= 0.3 is 0 Å². The van der Waals surface area contributed by atoms with Crippen LogP contribution in [0.3, 0.4) is 0 Å². The second-order valence-corrected chi connectivity index (χ2v) is 3.65. The lowest BCUT2D eigenvalue weighted by Gasteiger charge is -2.08. The minimum atomic E-state index is 0.631. The van der Waals surface area contributed by atoms with Crippen LogP contribution in [-0.2, 0) is 6.42 Å². The molecule has 0 amide bonds. The second kappa shape index (κ2) is 4.82. The molecule has 0 aliphatic rings. The fraction of sp³-hybridized carbons (Fsp3) is 0.231. The molecule has 0 radical (unpaired) electrons. The van der Waals surface area contributed by atoms with Crippen LogP contribution in [0.5, 0.6) is 5.75 Å². The highest BCUT2D eigenvalue weighted by atomic mass is 16.5. The fourth-order valence-electron chi connectivity index (χ4n) is 1.67. The summed E-state index contributed by atoms with van der Waals surface area (Å²) < 4.78 is 5.29. The molecule has 2 aromatic rings. The third kappa shape index (κ3) is 2.20. The zero-order valence-electron chi connectivity index (χ0n) is 9.97. The summed E-state index contributed by atoms with van der Waals surface area (Å²) in [6.07, 6.45) is 2.43. The molecule has 4 heteroatoms. The van der Waals surface area contributed by atoms with Crippen molar-refractivity contribution in [3.63, 3.8) is 0 Å². The smallest absolute Gasteiger partial charge is 0.163 e. The number of benzene rings is 1. The Morgan fingerprint density at radius 3 is 2.76 bits per heavy atom. The number of nitrogens with two attached hydrogens (primary N) is 1. The minimum Gasteiger partial charge on any atom is -0.496 e.